The molecule has 0 aromatic heterocycles. The van der Waals surface area contributed by atoms with Crippen molar-refractivity contribution in [2.45, 2.75) is 57.5 Å². The van der Waals surface area contributed by atoms with Gasteiger partial charge in [-0.05, 0) is 62.6 Å². The Kier molecular flexibility index (Phi) is 5.76. The summed E-state index contributed by atoms with van der Waals surface area (Å²) in [5, 5.41) is 19.8. The van der Waals surface area contributed by atoms with Crippen molar-refractivity contribution in [3.63, 3.8) is 0 Å². The van der Waals surface area contributed by atoms with Crippen LogP contribution in [0.15, 0.2) is 18.2 Å². The molecule has 1 heterocycles. The van der Waals surface area contributed by atoms with Crippen LogP contribution in [0.3, 0.4) is 0 Å². The number of phenolic OH excluding ortho intramolecular Hbond substituents is 1. The molecular weight excluding hydrogens is 332 g/mol. The van der Waals surface area contributed by atoms with E-state index < -0.39 is 5.60 Å². The second-order valence-electron chi connectivity index (χ2n) is 8.24. The van der Waals surface area contributed by atoms with Crippen molar-refractivity contribution in [1.82, 2.24) is 0 Å². The van der Waals surface area contributed by atoms with Crippen molar-refractivity contribution in [3.8, 4) is 11.5 Å². The fourth-order valence-corrected chi connectivity index (χ4v) is 4.50. The number of benzene rings is 1. The van der Waals surface area contributed by atoms with E-state index in [0.29, 0.717) is 24.7 Å². The smallest absolute Gasteiger partial charge is 0.309 e. The zero-order chi connectivity index (χ0) is 18.7. The molecule has 1 aliphatic heterocycles. The van der Waals surface area contributed by atoms with Gasteiger partial charge in [0.25, 0.3) is 0 Å². The van der Waals surface area contributed by atoms with Crippen molar-refractivity contribution in [2.24, 2.45) is 17.8 Å². The molecule has 2 N–H and O–H groups in total. The highest BCUT2D eigenvalue weighted by Gasteiger charge is 2.37. The van der Waals surface area contributed by atoms with Crippen LogP contribution in [0.5, 0.6) is 11.5 Å². The molecule has 4 atom stereocenters. The number of aromatic hydroxyl groups is 1. The first kappa shape index (κ1) is 19.0. The first-order valence-corrected chi connectivity index (χ1v) is 9.63. The van der Waals surface area contributed by atoms with E-state index in [1.165, 1.54) is 7.11 Å². The quantitative estimate of drug-likeness (QED) is 0.727. The zero-order valence-corrected chi connectivity index (χ0v) is 15.7. The highest BCUT2D eigenvalue weighted by atomic mass is 16.5. The highest BCUT2D eigenvalue weighted by molar-refractivity contribution is 5.75. The minimum Gasteiger partial charge on any atom is -0.504 e. The Hall–Kier alpha value is -1.75. The molecule has 0 amide bonds. The summed E-state index contributed by atoms with van der Waals surface area (Å²) < 4.78 is 10.5. The summed E-state index contributed by atoms with van der Waals surface area (Å²) >= 11 is 0. The van der Waals surface area contributed by atoms with Crippen molar-refractivity contribution < 1.29 is 24.5 Å². The maximum atomic E-state index is 12.2. The van der Waals surface area contributed by atoms with E-state index in [1.54, 1.807) is 12.1 Å². The van der Waals surface area contributed by atoms with Gasteiger partial charge in [0.2, 0.25) is 0 Å². The van der Waals surface area contributed by atoms with Crippen LogP contribution in [-0.4, -0.2) is 35.5 Å². The van der Waals surface area contributed by atoms with E-state index in [2.05, 4.69) is 0 Å². The molecule has 1 aliphatic carbocycles. The van der Waals surface area contributed by atoms with Crippen LogP contribution >= 0.6 is 0 Å². The lowest BCUT2D eigenvalue weighted by molar-refractivity contribution is -0.141. The van der Waals surface area contributed by atoms with Crippen LogP contribution in [-0.2, 0) is 16.0 Å². The van der Waals surface area contributed by atoms with Gasteiger partial charge in [0.1, 0.15) is 0 Å². The summed E-state index contributed by atoms with van der Waals surface area (Å²) in [6.07, 6.45) is 6.66. The number of aliphatic hydroxyl groups is 1. The van der Waals surface area contributed by atoms with Crippen LogP contribution in [0.1, 0.15) is 51.0 Å². The third-order valence-electron chi connectivity index (χ3n) is 6.02. The lowest BCUT2D eigenvalue weighted by Crippen LogP contribution is -2.20. The average Bonchev–Trinajstić information content (AvgIpc) is 3.12. The fraction of sp³-hybridized carbons (Fsp3) is 0.667. The van der Waals surface area contributed by atoms with Gasteiger partial charge in [-0.25, -0.2) is 0 Å². The number of carbonyl (C=O) groups is 1. The van der Waals surface area contributed by atoms with Crippen LogP contribution < -0.4 is 4.74 Å². The molecule has 1 saturated carbocycles. The van der Waals surface area contributed by atoms with Crippen molar-refractivity contribution in [1.29, 1.82) is 0 Å². The van der Waals surface area contributed by atoms with E-state index in [-0.39, 0.29) is 23.6 Å². The molecule has 26 heavy (non-hydrogen) atoms. The molecule has 0 spiro atoms. The predicted molar refractivity (Wildman–Crippen MR) is 98.1 cm³/mol. The number of hydrogen-bond donors (Lipinski definition) is 2. The molecule has 5 nitrogen and oxygen atoms in total. The van der Waals surface area contributed by atoms with Gasteiger partial charge in [-0.1, -0.05) is 18.9 Å². The van der Waals surface area contributed by atoms with Crippen molar-refractivity contribution in [3.05, 3.63) is 23.8 Å². The molecule has 3 rings (SSSR count). The Morgan fingerprint density at radius 3 is 2.85 bits per heavy atom. The largest absolute Gasteiger partial charge is 0.504 e. The van der Waals surface area contributed by atoms with Crippen LogP contribution in [0.25, 0.3) is 0 Å². The van der Waals surface area contributed by atoms with Gasteiger partial charge in [-0.2, -0.15) is 0 Å². The summed E-state index contributed by atoms with van der Waals surface area (Å²) in [5.41, 5.74) is 0.484. The van der Waals surface area contributed by atoms with Gasteiger partial charge in [0.15, 0.2) is 11.5 Å². The van der Waals surface area contributed by atoms with Crippen LogP contribution in [0.2, 0.25) is 0 Å². The zero-order valence-electron chi connectivity index (χ0n) is 15.7. The fourth-order valence-electron chi connectivity index (χ4n) is 4.50. The Morgan fingerprint density at radius 2 is 2.15 bits per heavy atom. The van der Waals surface area contributed by atoms with Crippen molar-refractivity contribution in [2.75, 3.05) is 13.7 Å². The molecule has 2 fully saturated rings. The van der Waals surface area contributed by atoms with E-state index in [4.69, 9.17) is 9.47 Å². The first-order chi connectivity index (χ1) is 12.4. The highest BCUT2D eigenvalue weighted by Crippen LogP contribution is 2.38. The van der Waals surface area contributed by atoms with Crippen LogP contribution in [0, 0.1) is 17.8 Å². The molecule has 0 unspecified atom stereocenters. The molecule has 2 aliphatic rings. The lowest BCUT2D eigenvalue weighted by Gasteiger charge is -2.18. The van der Waals surface area contributed by atoms with Gasteiger partial charge in [-0.3, -0.25) is 4.79 Å². The third kappa shape index (κ3) is 4.50. The minimum atomic E-state index is -0.489. The monoisotopic (exact) mass is 362 g/mol. The number of phenols is 1. The van der Waals surface area contributed by atoms with E-state index in [0.717, 1.165) is 44.1 Å². The Labute approximate surface area is 155 Å². The van der Waals surface area contributed by atoms with Gasteiger partial charge in [0, 0.05) is 5.92 Å². The molecule has 5 heteroatoms. The Bertz CT molecular complexity index is 639. The number of hydrogen-bond acceptors (Lipinski definition) is 5. The summed E-state index contributed by atoms with van der Waals surface area (Å²) in [5.74, 6) is 1.13. The third-order valence-corrected chi connectivity index (χ3v) is 6.02. The number of ether oxygens (including phenoxy) is 2. The SMILES string of the molecule is COc1cc(C[C@H]2C(=O)OC[C@H]2CCC[C@H]2CC[C@](C)(O)C2)ccc1O. The molecule has 144 valence electrons. The molecule has 1 aromatic carbocycles. The van der Waals surface area contributed by atoms with E-state index in [9.17, 15) is 15.0 Å². The topological polar surface area (TPSA) is 76.0 Å². The number of esters is 1. The minimum absolute atomic E-state index is 0.106. The normalized spacial score (nSPS) is 31.2. The molecule has 0 radical (unpaired) electrons. The summed E-state index contributed by atoms with van der Waals surface area (Å²) in [6.45, 7) is 2.43. The standard InChI is InChI=1S/C21H30O5/c1-21(24)9-8-14(12-21)4-3-5-16-13-26-20(23)17(16)10-15-6-7-18(22)19(11-15)25-2/h6-7,11,14,16-17,22,24H,3-5,8-10,12-13H2,1-2H3/t14-,16+,17+,21-/m0/s1. The molecular formula is C21H30O5. The van der Waals surface area contributed by atoms with Gasteiger partial charge in [-0.15, -0.1) is 0 Å². The Morgan fingerprint density at radius 1 is 1.35 bits per heavy atom. The number of rotatable bonds is 7. The maximum absolute atomic E-state index is 12.2. The Balaban J connectivity index is 1.53. The first-order valence-electron chi connectivity index (χ1n) is 9.63. The summed E-state index contributed by atoms with van der Waals surface area (Å²) in [4.78, 5) is 12.2. The number of carbonyl (C=O) groups excluding carboxylic acids is 1. The molecule has 1 aromatic rings. The van der Waals surface area contributed by atoms with Gasteiger partial charge < -0.3 is 19.7 Å². The van der Waals surface area contributed by atoms with Gasteiger partial charge in [0.05, 0.1) is 25.2 Å². The van der Waals surface area contributed by atoms with Crippen molar-refractivity contribution >= 4 is 5.97 Å². The maximum Gasteiger partial charge on any atom is 0.309 e. The van der Waals surface area contributed by atoms with E-state index in [1.807, 2.05) is 13.0 Å². The second kappa shape index (κ2) is 7.87. The van der Waals surface area contributed by atoms with Gasteiger partial charge >= 0.3 is 5.97 Å². The predicted octanol–water partition coefficient (Wildman–Crippen LogP) is 3.45. The lowest BCUT2D eigenvalue weighted by atomic mass is 9.84. The molecule has 1 saturated heterocycles. The summed E-state index contributed by atoms with van der Waals surface area (Å²) in [7, 11) is 1.52. The van der Waals surface area contributed by atoms with Crippen LogP contribution in [0.4, 0.5) is 0 Å². The summed E-state index contributed by atoms with van der Waals surface area (Å²) in [6, 6.07) is 5.23. The molecule has 0 bridgehead atoms. The van der Waals surface area contributed by atoms with E-state index >= 15 is 0 Å². The number of cyclic esters (lactones) is 1. The number of methoxy groups -OCH3 is 1. The average molecular weight is 362 g/mol. The second-order valence-corrected chi connectivity index (χ2v) is 8.24.